The number of hydrogen-bond donors (Lipinski definition) is 2. The molecule has 9 heteroatoms. The largest absolute Gasteiger partial charge is 0.481 e. The van der Waals surface area contributed by atoms with Gasteiger partial charge in [0, 0.05) is 11.4 Å². The van der Waals surface area contributed by atoms with Crippen molar-refractivity contribution < 1.29 is 27.9 Å². The molecule has 1 amide bonds. The van der Waals surface area contributed by atoms with Crippen LogP contribution >= 0.6 is 23.2 Å². The highest BCUT2D eigenvalue weighted by molar-refractivity contribution is 6.34. The van der Waals surface area contributed by atoms with Gasteiger partial charge < -0.3 is 10.4 Å². The molecule has 2 aromatic rings. The van der Waals surface area contributed by atoms with E-state index in [1.807, 2.05) is 0 Å². The quantitative estimate of drug-likeness (QED) is 0.512. The maximum Gasteiger partial charge on any atom is 0.392 e. The van der Waals surface area contributed by atoms with Crippen LogP contribution in [0.1, 0.15) is 36.0 Å². The van der Waals surface area contributed by atoms with Gasteiger partial charge in [-0.2, -0.15) is 13.2 Å². The van der Waals surface area contributed by atoms with Gasteiger partial charge in [-0.15, -0.1) is 0 Å². The normalized spacial score (nSPS) is 13.6. The van der Waals surface area contributed by atoms with Crippen molar-refractivity contribution in [3.05, 3.63) is 63.1 Å². The molecule has 0 saturated carbocycles. The number of carbonyl (C=O) groups excluding carboxylic acids is 1. The van der Waals surface area contributed by atoms with Gasteiger partial charge in [-0.25, -0.2) is 0 Å². The van der Waals surface area contributed by atoms with Gasteiger partial charge in [0.1, 0.15) is 0 Å². The predicted octanol–water partition coefficient (Wildman–Crippen LogP) is 6.24. The van der Waals surface area contributed by atoms with E-state index in [2.05, 4.69) is 5.32 Å². The summed E-state index contributed by atoms with van der Waals surface area (Å²) in [5.74, 6) is -5.35. The Morgan fingerprint density at radius 1 is 1.10 bits per heavy atom. The number of alkyl halides is 3. The minimum atomic E-state index is -4.61. The summed E-state index contributed by atoms with van der Waals surface area (Å²) in [7, 11) is 0. The monoisotopic (exact) mass is 461 g/mol. The number of nitrogens with one attached hydrogen (secondary N) is 1. The molecule has 2 unspecified atom stereocenters. The molecule has 2 N–H and O–H groups in total. The van der Waals surface area contributed by atoms with Crippen molar-refractivity contribution in [1.29, 1.82) is 0 Å². The Hall–Kier alpha value is -2.25. The Morgan fingerprint density at radius 3 is 2.23 bits per heavy atom. The van der Waals surface area contributed by atoms with E-state index < -0.39 is 29.9 Å². The van der Waals surface area contributed by atoms with Crippen LogP contribution in [-0.4, -0.2) is 23.2 Å². The lowest BCUT2D eigenvalue weighted by atomic mass is 9.85. The first-order chi connectivity index (χ1) is 13.9. The molecule has 0 fully saturated rings. The van der Waals surface area contributed by atoms with E-state index in [-0.39, 0.29) is 29.1 Å². The fourth-order valence-corrected chi connectivity index (χ4v) is 3.49. The first kappa shape index (κ1) is 24.0. The van der Waals surface area contributed by atoms with Crippen LogP contribution in [0.4, 0.5) is 18.9 Å². The van der Waals surface area contributed by atoms with Crippen LogP contribution in [0.15, 0.2) is 36.4 Å². The third-order valence-electron chi connectivity index (χ3n) is 4.91. The molecule has 0 heterocycles. The van der Waals surface area contributed by atoms with Crippen LogP contribution in [-0.2, 0) is 16.0 Å². The zero-order valence-electron chi connectivity index (χ0n) is 16.2. The molecular weight excluding hydrogens is 442 g/mol. The second-order valence-corrected chi connectivity index (χ2v) is 7.79. The van der Waals surface area contributed by atoms with E-state index in [0.717, 1.165) is 6.92 Å². The summed E-state index contributed by atoms with van der Waals surface area (Å²) in [6.45, 7) is 2.57. The molecule has 0 aliphatic rings. The zero-order chi connectivity index (χ0) is 22.6. The Labute approximate surface area is 182 Å². The average Bonchev–Trinajstić information content (AvgIpc) is 2.65. The van der Waals surface area contributed by atoms with Crippen molar-refractivity contribution >= 4 is 40.8 Å². The smallest absolute Gasteiger partial charge is 0.392 e. The summed E-state index contributed by atoms with van der Waals surface area (Å²) in [5, 5.41) is 11.9. The summed E-state index contributed by atoms with van der Waals surface area (Å²) in [6, 6.07) is 8.71. The van der Waals surface area contributed by atoms with E-state index >= 15 is 0 Å². The zero-order valence-corrected chi connectivity index (χ0v) is 17.7. The Bertz CT molecular complexity index is 930. The molecule has 162 valence electrons. The molecule has 0 bridgehead atoms. The van der Waals surface area contributed by atoms with Crippen molar-refractivity contribution in [2.24, 2.45) is 5.92 Å². The molecule has 30 heavy (non-hydrogen) atoms. The number of benzene rings is 2. The van der Waals surface area contributed by atoms with E-state index in [0.29, 0.717) is 16.1 Å². The average molecular weight is 462 g/mol. The van der Waals surface area contributed by atoms with Crippen LogP contribution in [0.5, 0.6) is 0 Å². The van der Waals surface area contributed by atoms with Gasteiger partial charge in [-0.3, -0.25) is 9.59 Å². The van der Waals surface area contributed by atoms with E-state index in [1.54, 1.807) is 13.0 Å². The maximum absolute atomic E-state index is 13.5. The minimum absolute atomic E-state index is 0.131. The third-order valence-corrected chi connectivity index (χ3v) is 5.48. The Morgan fingerprint density at radius 2 is 1.70 bits per heavy atom. The lowest BCUT2D eigenvalue weighted by molar-refractivity contribution is -0.178. The topological polar surface area (TPSA) is 66.4 Å². The molecule has 2 atom stereocenters. The molecular formula is C21H20Cl2F3NO3. The van der Waals surface area contributed by atoms with Crippen LogP contribution in [0, 0.1) is 12.8 Å². The first-order valence-electron chi connectivity index (χ1n) is 9.04. The highest BCUT2D eigenvalue weighted by Crippen LogP contribution is 2.39. The lowest BCUT2D eigenvalue weighted by Crippen LogP contribution is -2.34. The van der Waals surface area contributed by atoms with Gasteiger partial charge in [-0.05, 0) is 48.2 Å². The van der Waals surface area contributed by atoms with Crippen molar-refractivity contribution in [2.45, 2.75) is 38.8 Å². The van der Waals surface area contributed by atoms with E-state index in [1.165, 1.54) is 30.3 Å². The number of halogens is 5. The molecule has 0 saturated heterocycles. The summed E-state index contributed by atoms with van der Waals surface area (Å²) in [5.41, 5.74) is 1.46. The molecule has 0 radical (unpaired) electrons. The summed E-state index contributed by atoms with van der Waals surface area (Å²) >= 11 is 12.0. The second-order valence-electron chi connectivity index (χ2n) is 6.95. The van der Waals surface area contributed by atoms with E-state index in [9.17, 15) is 22.8 Å². The molecule has 0 aromatic heterocycles. The summed E-state index contributed by atoms with van der Waals surface area (Å²) < 4.78 is 40.4. The molecule has 0 aliphatic carbocycles. The van der Waals surface area contributed by atoms with Gasteiger partial charge >= 0.3 is 12.1 Å². The number of aliphatic carboxylic acids is 1. The SMILES string of the molecule is Cc1c(CCC(=O)O)ccc(Cl)c1NC(=O)C(c1ccc(Cl)cc1)C(C)C(F)(F)F. The maximum atomic E-state index is 13.5. The number of amides is 1. The number of anilines is 1. The Kier molecular flexibility index (Phi) is 7.77. The summed E-state index contributed by atoms with van der Waals surface area (Å²) in [6.07, 6.45) is -4.54. The van der Waals surface area contributed by atoms with Gasteiger partial charge in [-0.1, -0.05) is 48.3 Å². The van der Waals surface area contributed by atoms with E-state index in [4.69, 9.17) is 28.3 Å². The second kappa shape index (κ2) is 9.71. The number of carboxylic acid groups (broad SMARTS) is 1. The molecule has 2 rings (SSSR count). The van der Waals surface area contributed by atoms with Crippen LogP contribution in [0.2, 0.25) is 10.0 Å². The lowest BCUT2D eigenvalue weighted by Gasteiger charge is -2.26. The highest BCUT2D eigenvalue weighted by Gasteiger charge is 2.45. The van der Waals surface area contributed by atoms with Gasteiger partial charge in [0.2, 0.25) is 5.91 Å². The third kappa shape index (κ3) is 5.89. The first-order valence-corrected chi connectivity index (χ1v) is 9.80. The minimum Gasteiger partial charge on any atom is -0.481 e. The van der Waals surface area contributed by atoms with Crippen molar-refractivity contribution in [1.82, 2.24) is 0 Å². The number of carboxylic acids is 1. The van der Waals surface area contributed by atoms with Crippen LogP contribution in [0.25, 0.3) is 0 Å². The van der Waals surface area contributed by atoms with Gasteiger partial charge in [0.15, 0.2) is 0 Å². The standard InChI is InChI=1S/C21H20Cl2F3NO3/c1-11-13(6-10-17(28)29)5-9-16(23)19(11)27-20(30)18(12(2)21(24,25)26)14-3-7-15(22)8-4-14/h3-5,7-9,12,18H,6,10H2,1-2H3,(H,27,30)(H,28,29). The molecule has 0 spiro atoms. The summed E-state index contributed by atoms with van der Waals surface area (Å²) in [4.78, 5) is 23.8. The molecule has 0 aliphatic heterocycles. The van der Waals surface area contributed by atoms with Gasteiger partial charge in [0.05, 0.1) is 22.5 Å². The van der Waals surface area contributed by atoms with Crippen molar-refractivity contribution in [3.63, 3.8) is 0 Å². The van der Waals surface area contributed by atoms with Gasteiger partial charge in [0.25, 0.3) is 0 Å². The van der Waals surface area contributed by atoms with Crippen molar-refractivity contribution in [3.8, 4) is 0 Å². The number of aryl methyl sites for hydroxylation is 1. The predicted molar refractivity (Wildman–Crippen MR) is 110 cm³/mol. The fourth-order valence-electron chi connectivity index (χ4n) is 3.11. The van der Waals surface area contributed by atoms with Crippen LogP contribution in [0.3, 0.4) is 0 Å². The fraction of sp³-hybridized carbons (Fsp3) is 0.333. The van der Waals surface area contributed by atoms with Crippen LogP contribution < -0.4 is 5.32 Å². The molecule has 2 aromatic carbocycles. The molecule has 4 nitrogen and oxygen atoms in total. The Balaban J connectivity index is 2.41. The van der Waals surface area contributed by atoms with Crippen molar-refractivity contribution in [2.75, 3.05) is 5.32 Å². The highest BCUT2D eigenvalue weighted by atomic mass is 35.5. The number of hydrogen-bond acceptors (Lipinski definition) is 2. The number of carbonyl (C=O) groups is 2. The number of rotatable bonds is 7.